The first-order chi connectivity index (χ1) is 13.8. The fourth-order valence-corrected chi connectivity index (χ4v) is 4.22. The van der Waals surface area contributed by atoms with E-state index in [1.807, 2.05) is 18.5 Å². The summed E-state index contributed by atoms with van der Waals surface area (Å²) in [6.07, 6.45) is 10.7. The lowest BCUT2D eigenvalue weighted by molar-refractivity contribution is 0.371. The predicted octanol–water partition coefficient (Wildman–Crippen LogP) is 4.22. The number of hydrogen-bond donors (Lipinski definition) is 3. The molecule has 0 bridgehead atoms. The Morgan fingerprint density at radius 3 is 2.63 bits per heavy atom. The van der Waals surface area contributed by atoms with E-state index < -0.39 is 0 Å². The maximum atomic E-state index is 6.12. The summed E-state index contributed by atoms with van der Waals surface area (Å²) in [5, 5.41) is 6.07. The van der Waals surface area contributed by atoms with Gasteiger partial charge in [-0.25, -0.2) is 14.6 Å². The van der Waals surface area contributed by atoms with Gasteiger partial charge in [0, 0.05) is 59.5 Å². The molecule has 1 saturated carbocycles. The van der Waals surface area contributed by atoms with E-state index in [9.17, 15) is 0 Å². The van der Waals surface area contributed by atoms with E-state index in [1.165, 1.54) is 0 Å². The number of nitrogens with two attached hydrogens (primary N) is 1. The first kappa shape index (κ1) is 22.3. The highest BCUT2D eigenvalue weighted by Crippen LogP contribution is 2.33. The summed E-state index contributed by atoms with van der Waals surface area (Å²) in [5.74, 6) is 2.31. The van der Waals surface area contributed by atoms with Gasteiger partial charge in [-0.2, -0.15) is 5.10 Å². The monoisotopic (exact) mass is 447 g/mol. The number of halogens is 2. The second-order valence-electron chi connectivity index (χ2n) is 7.70. The minimum atomic E-state index is 0. The lowest BCUT2D eigenvalue weighted by atomic mass is 9.86. The smallest absolute Gasteiger partial charge is 0.183 e. The zero-order chi connectivity index (χ0) is 18.9. The summed E-state index contributed by atoms with van der Waals surface area (Å²) in [5.41, 5.74) is 9.40. The van der Waals surface area contributed by atoms with Crippen LogP contribution in [-0.2, 0) is 13.0 Å². The molecule has 3 heterocycles. The van der Waals surface area contributed by atoms with E-state index in [4.69, 9.17) is 15.8 Å². The number of rotatable bonds is 5. The summed E-state index contributed by atoms with van der Waals surface area (Å²) in [4.78, 5) is 15.6. The number of nitrogens with one attached hydrogen (secondary N) is 2. The number of para-hydroxylation sites is 1. The summed E-state index contributed by atoms with van der Waals surface area (Å²) in [7, 11) is 0. The number of hydrogen-bond acceptors (Lipinski definition) is 4. The average Bonchev–Trinajstić information content (AvgIpc) is 3.46. The largest absolute Gasteiger partial charge is 0.360 e. The third kappa shape index (κ3) is 4.38. The van der Waals surface area contributed by atoms with Crippen molar-refractivity contribution >= 4 is 35.7 Å². The zero-order valence-corrected chi connectivity index (χ0v) is 18.3. The van der Waals surface area contributed by atoms with Crippen LogP contribution in [-0.4, -0.2) is 35.8 Å². The van der Waals surface area contributed by atoms with Gasteiger partial charge in [-0.15, -0.1) is 24.8 Å². The Bertz CT molecular complexity index is 1060. The van der Waals surface area contributed by atoms with Crippen molar-refractivity contribution in [3.63, 3.8) is 0 Å². The molecule has 0 amide bonds. The number of H-pyrrole nitrogens is 2. The maximum Gasteiger partial charge on any atom is 0.183 e. The van der Waals surface area contributed by atoms with Crippen LogP contribution in [0, 0.1) is 0 Å². The van der Waals surface area contributed by atoms with Crippen LogP contribution >= 0.6 is 24.8 Å². The third-order valence-electron chi connectivity index (χ3n) is 5.82. The van der Waals surface area contributed by atoms with Gasteiger partial charge < -0.3 is 15.7 Å². The van der Waals surface area contributed by atoms with Crippen LogP contribution in [0.25, 0.3) is 22.3 Å². The fraction of sp³-hybridized carbons (Fsp3) is 0.381. The van der Waals surface area contributed by atoms with Gasteiger partial charge in [-0.3, -0.25) is 0 Å². The molecule has 1 aliphatic carbocycles. The second kappa shape index (κ2) is 9.64. The quantitative estimate of drug-likeness (QED) is 0.426. The third-order valence-corrected chi connectivity index (χ3v) is 5.82. The van der Waals surface area contributed by atoms with Crippen molar-refractivity contribution in [2.24, 2.45) is 5.73 Å². The number of aryl methyl sites for hydroxylation is 2. The molecule has 1 aromatic carbocycles. The Morgan fingerprint density at radius 2 is 1.87 bits per heavy atom. The molecule has 1 aliphatic rings. The predicted molar refractivity (Wildman–Crippen MR) is 123 cm³/mol. The minimum absolute atomic E-state index is 0. The number of fused-ring (bicyclic) bond motifs is 1. The minimum Gasteiger partial charge on any atom is -0.360 e. The molecule has 0 spiro atoms. The SMILES string of the molecule is Cl.Cl.NC1CCC(c2nc(-c3c[nH]c4ccccc34)nn2CCc2cnc[nH]2)CC1. The Morgan fingerprint density at radius 1 is 1.07 bits per heavy atom. The highest BCUT2D eigenvalue weighted by Gasteiger charge is 2.26. The Labute approximate surface area is 187 Å². The highest BCUT2D eigenvalue weighted by molar-refractivity contribution is 5.93. The fourth-order valence-electron chi connectivity index (χ4n) is 4.22. The Hall–Kier alpha value is -2.35. The van der Waals surface area contributed by atoms with Gasteiger partial charge in [0.1, 0.15) is 5.82 Å². The molecule has 4 N–H and O–H groups in total. The molecule has 0 atom stereocenters. The Balaban J connectivity index is 0.00000128. The van der Waals surface area contributed by atoms with Gasteiger partial charge in [0.05, 0.1) is 6.33 Å². The van der Waals surface area contributed by atoms with Crippen molar-refractivity contribution in [3.8, 4) is 11.4 Å². The Kier molecular flexibility index (Phi) is 7.18. The maximum absolute atomic E-state index is 6.12. The van der Waals surface area contributed by atoms with Crippen molar-refractivity contribution < 1.29 is 0 Å². The lowest BCUT2D eigenvalue weighted by Crippen LogP contribution is -2.27. The van der Waals surface area contributed by atoms with Crippen LogP contribution in [0.15, 0.2) is 43.0 Å². The first-order valence-electron chi connectivity index (χ1n) is 10.0. The van der Waals surface area contributed by atoms with Gasteiger partial charge in [0.25, 0.3) is 0 Å². The van der Waals surface area contributed by atoms with Gasteiger partial charge in [-0.05, 0) is 31.7 Å². The van der Waals surface area contributed by atoms with Crippen molar-refractivity contribution in [2.45, 2.75) is 50.6 Å². The lowest BCUT2D eigenvalue weighted by Gasteiger charge is -2.25. The van der Waals surface area contributed by atoms with Gasteiger partial charge >= 0.3 is 0 Å². The molecule has 7 nitrogen and oxygen atoms in total. The van der Waals surface area contributed by atoms with E-state index in [1.54, 1.807) is 6.33 Å². The van der Waals surface area contributed by atoms with E-state index >= 15 is 0 Å². The molecule has 5 rings (SSSR count). The molecule has 0 radical (unpaired) electrons. The van der Waals surface area contributed by atoms with Crippen LogP contribution in [0.5, 0.6) is 0 Å². The molecular weight excluding hydrogens is 421 g/mol. The van der Waals surface area contributed by atoms with Gasteiger partial charge in [-0.1, -0.05) is 18.2 Å². The van der Waals surface area contributed by atoms with Crippen LogP contribution < -0.4 is 5.73 Å². The van der Waals surface area contributed by atoms with Crippen molar-refractivity contribution in [3.05, 3.63) is 54.5 Å². The highest BCUT2D eigenvalue weighted by atomic mass is 35.5. The number of nitrogens with zero attached hydrogens (tertiary/aromatic N) is 4. The van der Waals surface area contributed by atoms with Gasteiger partial charge in [0.15, 0.2) is 5.82 Å². The normalized spacial score (nSPS) is 18.7. The molecular formula is C21H27Cl2N7. The molecule has 3 aromatic heterocycles. The second-order valence-corrected chi connectivity index (χ2v) is 7.70. The molecule has 9 heteroatoms. The number of aromatic amines is 2. The standard InChI is InChI=1S/C21H25N7.2ClH/c22-15-7-5-14(6-8-15)21-26-20(18-12-24-19-4-2-1-3-17(18)19)27-28(21)10-9-16-11-23-13-25-16;;/h1-4,11-15,24H,5-10,22H2,(H,23,25);2*1H. The number of aromatic nitrogens is 6. The molecule has 0 aliphatic heterocycles. The molecule has 4 aromatic rings. The van der Waals surface area contributed by atoms with E-state index in [0.29, 0.717) is 12.0 Å². The number of imidazole rings is 1. The zero-order valence-electron chi connectivity index (χ0n) is 16.6. The van der Waals surface area contributed by atoms with Crippen molar-refractivity contribution in [1.82, 2.24) is 29.7 Å². The van der Waals surface area contributed by atoms with E-state index in [-0.39, 0.29) is 24.8 Å². The van der Waals surface area contributed by atoms with Crippen molar-refractivity contribution in [1.29, 1.82) is 0 Å². The summed E-state index contributed by atoms with van der Waals surface area (Å²) >= 11 is 0. The molecule has 160 valence electrons. The topological polar surface area (TPSA) is 101 Å². The van der Waals surface area contributed by atoms with Gasteiger partial charge in [0.2, 0.25) is 0 Å². The average molecular weight is 448 g/mol. The van der Waals surface area contributed by atoms with Crippen molar-refractivity contribution in [2.75, 3.05) is 0 Å². The van der Waals surface area contributed by atoms with Crippen LogP contribution in [0.2, 0.25) is 0 Å². The molecule has 0 saturated heterocycles. The molecule has 1 fully saturated rings. The van der Waals surface area contributed by atoms with Crippen LogP contribution in [0.4, 0.5) is 0 Å². The first-order valence-corrected chi connectivity index (χ1v) is 10.0. The summed E-state index contributed by atoms with van der Waals surface area (Å²) < 4.78 is 2.10. The molecule has 30 heavy (non-hydrogen) atoms. The van der Waals surface area contributed by atoms with Crippen LogP contribution in [0.3, 0.4) is 0 Å². The van der Waals surface area contributed by atoms with Crippen LogP contribution in [0.1, 0.15) is 43.1 Å². The number of benzene rings is 1. The molecule has 0 unspecified atom stereocenters. The van der Waals surface area contributed by atoms with E-state index in [0.717, 1.165) is 72.5 Å². The summed E-state index contributed by atoms with van der Waals surface area (Å²) in [6.45, 7) is 0.787. The van der Waals surface area contributed by atoms with E-state index in [2.05, 4.69) is 37.8 Å². The summed E-state index contributed by atoms with van der Waals surface area (Å²) in [6, 6.07) is 8.61.